The van der Waals surface area contributed by atoms with Crippen LogP contribution in [0.15, 0.2) is 0 Å². The van der Waals surface area contributed by atoms with Crippen LogP contribution in [0.25, 0.3) is 0 Å². The van der Waals surface area contributed by atoms with Crippen molar-refractivity contribution < 1.29 is 76.3 Å². The minimum absolute atomic E-state index is 0.00926. The Labute approximate surface area is 331 Å². The molecule has 3 aliphatic carbocycles. The summed E-state index contributed by atoms with van der Waals surface area (Å²) in [7, 11) is -9.49. The Balaban J connectivity index is 0.000000397. The monoisotopic (exact) mass is 867 g/mol. The van der Waals surface area contributed by atoms with Gasteiger partial charge in [-0.3, -0.25) is 27.3 Å². The van der Waals surface area contributed by atoms with Gasteiger partial charge in [0.2, 0.25) is 0 Å². The highest BCUT2D eigenvalue weighted by Gasteiger charge is 2.67. The molecule has 0 aromatic carbocycles. The number of amides is 1. The summed E-state index contributed by atoms with van der Waals surface area (Å²) in [5.41, 5.74) is 2.31. The summed E-state index contributed by atoms with van der Waals surface area (Å²) in [4.78, 5) is 48.6. The van der Waals surface area contributed by atoms with Crippen LogP contribution in [0.3, 0.4) is 0 Å². The van der Waals surface area contributed by atoms with Gasteiger partial charge in [-0.1, -0.05) is 0 Å². The van der Waals surface area contributed by atoms with Crippen molar-refractivity contribution in [2.24, 2.45) is 39.7 Å². The first kappa shape index (κ1) is 51.3. The van der Waals surface area contributed by atoms with Crippen LogP contribution >= 0.6 is 0 Å². The van der Waals surface area contributed by atoms with Crippen LogP contribution in [0.1, 0.15) is 60.8 Å². The van der Waals surface area contributed by atoms with Gasteiger partial charge in [0.15, 0.2) is 0 Å². The molecule has 5 fully saturated rings. The van der Waals surface area contributed by atoms with Gasteiger partial charge in [-0.05, 0) is 86.2 Å². The van der Waals surface area contributed by atoms with E-state index in [1.54, 1.807) is 18.7 Å². The number of ether oxygens (including phenoxy) is 4. The number of carbonyl (C=O) groups is 4. The van der Waals surface area contributed by atoms with E-state index in [9.17, 15) is 44.4 Å². The smallest absolute Gasteiger partial charge is 0.410 e. The van der Waals surface area contributed by atoms with Gasteiger partial charge in [0.25, 0.3) is 30.4 Å². The lowest BCUT2D eigenvalue weighted by atomic mass is 10.1. The van der Waals surface area contributed by atoms with E-state index in [2.05, 4.69) is 19.4 Å². The van der Waals surface area contributed by atoms with Crippen molar-refractivity contribution in [1.29, 1.82) is 0 Å². The summed E-state index contributed by atoms with van der Waals surface area (Å²) in [6, 6.07) is 0. The van der Waals surface area contributed by atoms with E-state index < -0.39 is 58.7 Å². The second-order valence-electron chi connectivity index (χ2n) is 15.0. The van der Waals surface area contributed by atoms with E-state index in [0.29, 0.717) is 38.5 Å². The topological polar surface area (TPSA) is 288 Å². The van der Waals surface area contributed by atoms with Crippen molar-refractivity contribution in [3.05, 3.63) is 0 Å². The molecule has 4 N–H and O–H groups in total. The minimum Gasteiger partial charge on any atom is -0.466 e. The summed E-state index contributed by atoms with van der Waals surface area (Å²) >= 11 is 0. The fourth-order valence-corrected chi connectivity index (χ4v) is 7.08. The standard InChI is InChI=1S/C13H21NO4.C10H18O8S2.C8H13NO2.CH5N.CH4O3S/c1-5-17-10(15)13-6-9(13)7-14(8-13)11(16)18-12(2,3)4;1-4-16-9(11)10(7-18-20(3,14)15)5-8(10)6-17-19(2,12)13;1-2-11-7(10)8-3-6(8)4-9-5-8;1-2;1-5(2,3)4/h9H,5-8H2,1-4H3;8H,4-7H2,1-3H3;6,9H,2-5H2,1H3;2H2,1H3;1H3,(H,2,3,4). The third-order valence-corrected chi connectivity index (χ3v) is 10.3. The second-order valence-corrected chi connectivity index (χ2v) is 19.8. The SMILES string of the molecule is CCOC(=O)C1(COS(C)(=O)=O)CC1COS(C)(=O)=O.CCOC(=O)C12CC1CN(C(=O)OC(C)(C)C)C2.CCOC(=O)C12CNCC1C2.CN.CS(=O)(=O)O. The first-order valence-electron chi connectivity index (χ1n) is 18.0. The molecule has 20 nitrogen and oxygen atoms in total. The number of carbonyl (C=O) groups excluding carboxylic acids is 4. The van der Waals surface area contributed by atoms with Crippen molar-refractivity contribution >= 4 is 54.4 Å². The van der Waals surface area contributed by atoms with Gasteiger partial charge in [-0.15, -0.1) is 0 Å². The molecule has 2 aliphatic heterocycles. The Kier molecular flexibility index (Phi) is 18.7. The van der Waals surface area contributed by atoms with Crippen molar-refractivity contribution in [2.75, 3.05) is 85.0 Å². The lowest BCUT2D eigenvalue weighted by molar-refractivity contribution is -0.152. The third-order valence-electron chi connectivity index (χ3n) is 9.15. The summed E-state index contributed by atoms with van der Waals surface area (Å²) in [5.74, 6) is -0.384. The number of hydrogen-bond acceptors (Lipinski definition) is 18. The fraction of sp³-hybridized carbons (Fsp3) is 0.879. The molecule has 0 spiro atoms. The van der Waals surface area contributed by atoms with E-state index in [1.807, 2.05) is 27.7 Å². The summed E-state index contributed by atoms with van der Waals surface area (Å²) in [5, 5.41) is 3.20. The van der Waals surface area contributed by atoms with Crippen molar-refractivity contribution in [3.8, 4) is 0 Å². The maximum absolute atomic E-state index is 11.9. The number of nitrogens with zero attached hydrogens (tertiary/aromatic N) is 1. The van der Waals surface area contributed by atoms with Gasteiger partial charge >= 0.3 is 24.0 Å². The molecule has 2 heterocycles. The summed E-state index contributed by atoms with van der Waals surface area (Å²) < 4.78 is 99.3. The Morgan fingerprint density at radius 1 is 0.768 bits per heavy atom. The third kappa shape index (κ3) is 16.3. The molecular weight excluding hydrogens is 807 g/mol. The van der Waals surface area contributed by atoms with Gasteiger partial charge in [0.1, 0.15) is 5.60 Å². The van der Waals surface area contributed by atoms with Crippen LogP contribution in [0.4, 0.5) is 4.79 Å². The summed E-state index contributed by atoms with van der Waals surface area (Å²) in [6.45, 7) is 14.1. The zero-order valence-electron chi connectivity index (χ0n) is 33.9. The zero-order chi connectivity index (χ0) is 43.6. The molecule has 3 saturated carbocycles. The second kappa shape index (κ2) is 20.3. The zero-order valence-corrected chi connectivity index (χ0v) is 36.4. The number of esters is 3. The average Bonchev–Trinajstić information content (AvgIpc) is 4.01. The maximum atomic E-state index is 11.9. The van der Waals surface area contributed by atoms with E-state index in [0.717, 1.165) is 38.4 Å². The lowest BCUT2D eigenvalue weighted by Crippen LogP contribution is -2.38. The molecule has 0 aromatic rings. The molecule has 5 rings (SSSR count). The van der Waals surface area contributed by atoms with E-state index in [4.69, 9.17) is 23.5 Å². The molecule has 1 amide bonds. The normalized spacial score (nSPS) is 27.9. The molecule has 5 aliphatic rings. The minimum atomic E-state index is -3.70. The van der Waals surface area contributed by atoms with Gasteiger partial charge < -0.3 is 34.9 Å². The maximum Gasteiger partial charge on any atom is 0.410 e. The molecule has 0 bridgehead atoms. The van der Waals surface area contributed by atoms with E-state index in [-0.39, 0.29) is 55.6 Å². The van der Waals surface area contributed by atoms with Gasteiger partial charge in [-0.2, -0.15) is 25.3 Å². The van der Waals surface area contributed by atoms with Gasteiger partial charge in [-0.25, -0.2) is 4.79 Å². The Morgan fingerprint density at radius 3 is 1.64 bits per heavy atom. The fourth-order valence-electron chi connectivity index (χ4n) is 6.25. The molecular formula is C33H61N3O17S3. The highest BCUT2D eigenvalue weighted by atomic mass is 32.2. The van der Waals surface area contributed by atoms with Crippen LogP contribution in [0.2, 0.25) is 0 Å². The first-order valence-corrected chi connectivity index (χ1v) is 23.5. The predicted octanol–water partition coefficient (Wildman–Crippen LogP) is 0.553. The first-order chi connectivity index (χ1) is 25.6. The lowest BCUT2D eigenvalue weighted by Gasteiger charge is -2.26. The number of rotatable bonds is 12. The number of fused-ring (bicyclic) bond motifs is 2. The molecule has 0 aromatic heterocycles. The van der Waals surface area contributed by atoms with E-state index in [1.165, 1.54) is 7.05 Å². The molecule has 6 atom stereocenters. The van der Waals surface area contributed by atoms with Crippen LogP contribution < -0.4 is 11.1 Å². The molecule has 6 unspecified atom stereocenters. The highest BCUT2D eigenvalue weighted by Crippen LogP contribution is 2.59. The number of nitrogens with two attached hydrogens (primary N) is 1. The molecule has 2 saturated heterocycles. The van der Waals surface area contributed by atoms with Crippen molar-refractivity contribution in [1.82, 2.24) is 10.2 Å². The largest absolute Gasteiger partial charge is 0.466 e. The van der Waals surface area contributed by atoms with Gasteiger partial charge in [0, 0.05) is 25.6 Å². The van der Waals surface area contributed by atoms with Crippen LogP contribution in [-0.2, 0) is 72.1 Å². The van der Waals surface area contributed by atoms with Crippen LogP contribution in [-0.4, -0.2) is 149 Å². The van der Waals surface area contributed by atoms with Gasteiger partial charge in [0.05, 0.1) is 68.0 Å². The quantitative estimate of drug-likeness (QED) is 0.104. The molecule has 328 valence electrons. The predicted molar refractivity (Wildman–Crippen MR) is 201 cm³/mol. The van der Waals surface area contributed by atoms with Crippen molar-refractivity contribution in [2.45, 2.75) is 66.4 Å². The Morgan fingerprint density at radius 2 is 1.23 bits per heavy atom. The number of piperidine rings is 2. The highest BCUT2D eigenvalue weighted by molar-refractivity contribution is 7.86. The van der Waals surface area contributed by atoms with E-state index >= 15 is 0 Å². The number of hydrogen-bond donors (Lipinski definition) is 3. The number of likely N-dealkylation sites (tertiary alicyclic amines) is 1. The molecule has 0 radical (unpaired) electrons. The molecule has 23 heteroatoms. The van der Waals surface area contributed by atoms with Crippen molar-refractivity contribution in [3.63, 3.8) is 0 Å². The Hall–Kier alpha value is -2.67. The summed E-state index contributed by atoms with van der Waals surface area (Å²) in [6.07, 6.45) is 4.29. The Bertz CT molecular complexity index is 1690. The molecule has 56 heavy (non-hydrogen) atoms. The average molecular weight is 868 g/mol. The number of nitrogens with one attached hydrogen (secondary N) is 1. The van der Waals surface area contributed by atoms with Crippen LogP contribution in [0, 0.1) is 34.0 Å². The van der Waals surface area contributed by atoms with Crippen LogP contribution in [0.5, 0.6) is 0 Å².